The highest BCUT2D eigenvalue weighted by molar-refractivity contribution is 6.06. The van der Waals surface area contributed by atoms with E-state index in [2.05, 4.69) is 16.0 Å². The summed E-state index contributed by atoms with van der Waals surface area (Å²) in [6.45, 7) is 1.58. The maximum Gasteiger partial charge on any atom is 0.319 e. The number of carbonyl (C=O) groups excluding carboxylic acids is 2. The van der Waals surface area contributed by atoms with Gasteiger partial charge in [-0.1, -0.05) is 0 Å². The van der Waals surface area contributed by atoms with Gasteiger partial charge in [0.05, 0.1) is 10.5 Å². The molecular formula is C22H17FN4O5. The van der Waals surface area contributed by atoms with Crippen LogP contribution in [0, 0.1) is 15.9 Å². The lowest BCUT2D eigenvalue weighted by molar-refractivity contribution is -0.384. The van der Waals surface area contributed by atoms with E-state index in [1.165, 1.54) is 36.4 Å². The molecule has 3 amide bonds. The lowest BCUT2D eigenvalue weighted by Crippen LogP contribution is -2.45. The summed E-state index contributed by atoms with van der Waals surface area (Å²) < 4.78 is 19.1. The number of nitrogens with one attached hydrogen (secondary N) is 3. The van der Waals surface area contributed by atoms with Crippen LogP contribution in [0.1, 0.15) is 18.7 Å². The summed E-state index contributed by atoms with van der Waals surface area (Å²) in [5, 5.41) is 18.7. The van der Waals surface area contributed by atoms with Crippen molar-refractivity contribution in [2.45, 2.75) is 13.0 Å². The smallest absolute Gasteiger partial charge is 0.319 e. The largest absolute Gasteiger partial charge is 0.459 e. The van der Waals surface area contributed by atoms with Gasteiger partial charge in [-0.3, -0.25) is 14.9 Å². The van der Waals surface area contributed by atoms with E-state index < -0.39 is 22.9 Å². The van der Waals surface area contributed by atoms with Gasteiger partial charge >= 0.3 is 6.03 Å². The highest BCUT2D eigenvalue weighted by atomic mass is 19.1. The van der Waals surface area contributed by atoms with E-state index in [0.717, 1.165) is 0 Å². The van der Waals surface area contributed by atoms with Gasteiger partial charge in [-0.25, -0.2) is 9.18 Å². The van der Waals surface area contributed by atoms with E-state index >= 15 is 0 Å². The standard InChI is InChI=1S/C22H17FN4O5/c1-12-19(21(28)25-15-6-8-16(9-7-15)27(30)31)20(26-22(29)24-12)18-11-10-17(32-18)13-2-4-14(23)5-3-13/h2-11,20H,1H3,(H,25,28)(H2,24,26,29)/t20-/m0/s1. The molecule has 9 nitrogen and oxygen atoms in total. The van der Waals surface area contributed by atoms with Gasteiger partial charge in [-0.15, -0.1) is 0 Å². The second-order valence-corrected chi connectivity index (χ2v) is 7.04. The Balaban J connectivity index is 1.62. The van der Waals surface area contributed by atoms with Gasteiger partial charge in [-0.05, 0) is 55.5 Å². The van der Waals surface area contributed by atoms with Gasteiger partial charge < -0.3 is 20.4 Å². The number of hydrogen-bond donors (Lipinski definition) is 3. The number of rotatable bonds is 5. The van der Waals surface area contributed by atoms with Gasteiger partial charge in [0.2, 0.25) is 0 Å². The first-order valence-corrected chi connectivity index (χ1v) is 9.51. The summed E-state index contributed by atoms with van der Waals surface area (Å²) in [6.07, 6.45) is 0. The Morgan fingerprint density at radius 3 is 2.44 bits per heavy atom. The number of amides is 3. The SMILES string of the molecule is CC1=C(C(=O)Nc2ccc([N+](=O)[O-])cc2)[C@H](c2ccc(-c3ccc(F)cc3)o2)NC(=O)N1. The van der Waals surface area contributed by atoms with Crippen LogP contribution in [-0.2, 0) is 4.79 Å². The number of nitrogens with zero attached hydrogens (tertiary/aromatic N) is 1. The average molecular weight is 436 g/mol. The second-order valence-electron chi connectivity index (χ2n) is 7.04. The van der Waals surface area contributed by atoms with Gasteiger partial charge in [0.15, 0.2) is 0 Å². The zero-order valence-electron chi connectivity index (χ0n) is 16.7. The maximum atomic E-state index is 13.2. The number of hydrogen-bond acceptors (Lipinski definition) is 5. The minimum Gasteiger partial charge on any atom is -0.459 e. The minimum absolute atomic E-state index is 0.105. The fourth-order valence-electron chi connectivity index (χ4n) is 3.35. The maximum absolute atomic E-state index is 13.2. The van der Waals surface area contributed by atoms with E-state index in [-0.39, 0.29) is 17.1 Å². The van der Waals surface area contributed by atoms with E-state index in [1.807, 2.05) is 0 Å². The predicted molar refractivity (Wildman–Crippen MR) is 113 cm³/mol. The molecule has 0 aliphatic carbocycles. The van der Waals surface area contributed by atoms with Crippen LogP contribution < -0.4 is 16.0 Å². The summed E-state index contributed by atoms with van der Waals surface area (Å²) in [6, 6.07) is 13.0. The van der Waals surface area contributed by atoms with Gasteiger partial charge in [-0.2, -0.15) is 0 Å². The second kappa shape index (κ2) is 8.34. The molecule has 4 rings (SSSR count). The van der Waals surface area contributed by atoms with Crippen LogP contribution in [0.3, 0.4) is 0 Å². The molecule has 1 atom stereocenters. The molecule has 0 spiro atoms. The van der Waals surface area contributed by atoms with Crippen molar-refractivity contribution in [2.75, 3.05) is 5.32 Å². The molecule has 2 heterocycles. The number of nitro benzene ring substituents is 1. The van der Waals surface area contributed by atoms with Crippen LogP contribution in [0.2, 0.25) is 0 Å². The number of allylic oxidation sites excluding steroid dienone is 1. The molecule has 0 fully saturated rings. The highest BCUT2D eigenvalue weighted by Gasteiger charge is 2.33. The molecule has 10 heteroatoms. The molecule has 1 aliphatic rings. The molecule has 1 aromatic heterocycles. The van der Waals surface area contributed by atoms with Gasteiger partial charge in [0.25, 0.3) is 11.6 Å². The lowest BCUT2D eigenvalue weighted by atomic mass is 9.99. The van der Waals surface area contributed by atoms with Gasteiger partial charge in [0.1, 0.15) is 23.4 Å². The first-order chi connectivity index (χ1) is 15.3. The third kappa shape index (κ3) is 4.19. The molecule has 0 bridgehead atoms. The molecule has 32 heavy (non-hydrogen) atoms. The van der Waals surface area contributed by atoms with E-state index in [0.29, 0.717) is 28.5 Å². The predicted octanol–water partition coefficient (Wildman–Crippen LogP) is 4.26. The molecule has 0 saturated heterocycles. The normalized spacial score (nSPS) is 15.7. The third-order valence-electron chi connectivity index (χ3n) is 4.89. The summed E-state index contributed by atoms with van der Waals surface area (Å²) in [5.74, 6) is -0.142. The summed E-state index contributed by atoms with van der Waals surface area (Å²) in [5.41, 5.74) is 1.42. The van der Waals surface area contributed by atoms with Crippen LogP contribution in [0.15, 0.2) is 76.4 Å². The number of carbonyl (C=O) groups is 2. The van der Waals surface area contributed by atoms with Crippen molar-refractivity contribution in [3.63, 3.8) is 0 Å². The molecule has 162 valence electrons. The highest BCUT2D eigenvalue weighted by Crippen LogP contribution is 2.32. The van der Waals surface area contributed by atoms with Crippen molar-refractivity contribution < 1.29 is 23.3 Å². The number of furan rings is 1. The monoisotopic (exact) mass is 436 g/mol. The van der Waals surface area contributed by atoms with Crippen LogP contribution in [0.4, 0.5) is 20.6 Å². The molecule has 0 saturated carbocycles. The minimum atomic E-state index is -0.879. The summed E-state index contributed by atoms with van der Waals surface area (Å²) in [4.78, 5) is 35.4. The fourth-order valence-corrected chi connectivity index (χ4v) is 3.35. The molecule has 1 aliphatic heterocycles. The van der Waals surface area contributed by atoms with Crippen LogP contribution in [0.25, 0.3) is 11.3 Å². The van der Waals surface area contributed by atoms with E-state index in [1.54, 1.807) is 31.2 Å². The van der Waals surface area contributed by atoms with Crippen molar-refractivity contribution in [1.29, 1.82) is 0 Å². The summed E-state index contributed by atoms with van der Waals surface area (Å²) >= 11 is 0. The Morgan fingerprint density at radius 1 is 1.09 bits per heavy atom. The van der Waals surface area contributed by atoms with Crippen molar-refractivity contribution in [3.05, 3.63) is 93.6 Å². The first-order valence-electron chi connectivity index (χ1n) is 9.51. The average Bonchev–Trinajstić information content (AvgIpc) is 3.24. The molecule has 3 N–H and O–H groups in total. The number of anilines is 1. The number of non-ortho nitro benzene ring substituents is 1. The van der Waals surface area contributed by atoms with Crippen LogP contribution >= 0.6 is 0 Å². The Hall–Kier alpha value is -4.47. The number of benzene rings is 2. The van der Waals surface area contributed by atoms with Crippen molar-refractivity contribution >= 4 is 23.3 Å². The summed E-state index contributed by atoms with van der Waals surface area (Å²) in [7, 11) is 0. The number of nitro groups is 1. The Kier molecular flexibility index (Phi) is 5.42. The molecule has 2 aromatic carbocycles. The number of halogens is 1. The van der Waals surface area contributed by atoms with E-state index in [9.17, 15) is 24.1 Å². The zero-order chi connectivity index (χ0) is 22.8. The third-order valence-corrected chi connectivity index (χ3v) is 4.89. The van der Waals surface area contributed by atoms with E-state index in [4.69, 9.17) is 4.42 Å². The molecule has 3 aromatic rings. The van der Waals surface area contributed by atoms with Crippen LogP contribution in [-0.4, -0.2) is 16.9 Å². The van der Waals surface area contributed by atoms with Crippen molar-refractivity contribution in [3.8, 4) is 11.3 Å². The lowest BCUT2D eigenvalue weighted by Gasteiger charge is -2.27. The quantitative estimate of drug-likeness (QED) is 0.407. The zero-order valence-corrected chi connectivity index (χ0v) is 16.7. The molecular weight excluding hydrogens is 419 g/mol. The molecule has 0 unspecified atom stereocenters. The Morgan fingerprint density at radius 2 is 1.78 bits per heavy atom. The Bertz CT molecular complexity index is 1230. The van der Waals surface area contributed by atoms with Crippen molar-refractivity contribution in [1.82, 2.24) is 10.6 Å². The fraction of sp³-hybridized carbons (Fsp3) is 0.0909. The van der Waals surface area contributed by atoms with Crippen molar-refractivity contribution in [2.24, 2.45) is 0 Å². The van der Waals surface area contributed by atoms with Crippen LogP contribution in [0.5, 0.6) is 0 Å². The number of urea groups is 1. The topological polar surface area (TPSA) is 127 Å². The first kappa shape index (κ1) is 20.8. The Labute approximate surface area is 181 Å². The van der Waals surface area contributed by atoms with Gasteiger partial charge in [0, 0.05) is 29.1 Å². The molecule has 0 radical (unpaired) electrons.